The van der Waals surface area contributed by atoms with E-state index in [2.05, 4.69) is 109 Å². The molecule has 0 radical (unpaired) electrons. The number of carbonyl (C=O) groups excluding carboxylic acids is 2. The molecule has 4 rings (SSSR count). The van der Waals surface area contributed by atoms with Gasteiger partial charge in [-0.05, 0) is 36.1 Å². The van der Waals surface area contributed by atoms with E-state index < -0.39 is 0 Å². The summed E-state index contributed by atoms with van der Waals surface area (Å²) in [6.07, 6.45) is 5.59. The van der Waals surface area contributed by atoms with E-state index in [1.54, 1.807) is 0 Å². The number of Topliss-reactive ketones (excluding diaryl/α,β-unsaturated/α-hetero) is 2. The SMILES string of the molecule is CC(C)N[C@@H](Cc1cn(-n2cc(C[C@H](NC(C)C)C(=O)C(C)C)c3ccccc32)c2ccccc12)C(=O)C(C)C. The molecule has 0 aliphatic carbocycles. The zero-order valence-electron chi connectivity index (χ0n) is 25.4. The van der Waals surface area contributed by atoms with Gasteiger partial charge in [0.2, 0.25) is 0 Å². The molecule has 2 N–H and O–H groups in total. The predicted octanol–water partition coefficient (Wildman–Crippen LogP) is 6.18. The molecule has 0 aliphatic heterocycles. The van der Waals surface area contributed by atoms with Gasteiger partial charge in [-0.2, -0.15) is 0 Å². The average molecular weight is 543 g/mol. The van der Waals surface area contributed by atoms with Gasteiger partial charge in [0.1, 0.15) is 0 Å². The Morgan fingerprint density at radius 3 is 1.27 bits per heavy atom. The molecule has 0 aliphatic rings. The summed E-state index contributed by atoms with van der Waals surface area (Å²) >= 11 is 0. The van der Waals surface area contributed by atoms with E-state index in [1.165, 1.54) is 0 Å². The van der Waals surface area contributed by atoms with Crippen LogP contribution in [0.25, 0.3) is 21.8 Å². The molecular weight excluding hydrogens is 496 g/mol. The lowest BCUT2D eigenvalue weighted by molar-refractivity contribution is -0.124. The van der Waals surface area contributed by atoms with Gasteiger partial charge in [0.25, 0.3) is 0 Å². The van der Waals surface area contributed by atoms with Crippen molar-refractivity contribution in [3.05, 3.63) is 72.1 Å². The van der Waals surface area contributed by atoms with Crippen LogP contribution in [-0.2, 0) is 22.4 Å². The van der Waals surface area contributed by atoms with Crippen molar-refractivity contribution in [1.82, 2.24) is 20.0 Å². The lowest BCUT2D eigenvalue weighted by Gasteiger charge is -2.22. The van der Waals surface area contributed by atoms with Gasteiger partial charge in [0, 0.05) is 47.1 Å². The number of fused-ring (bicyclic) bond motifs is 2. The first-order valence-electron chi connectivity index (χ1n) is 14.8. The van der Waals surface area contributed by atoms with Crippen LogP contribution in [0.4, 0.5) is 0 Å². The van der Waals surface area contributed by atoms with Gasteiger partial charge in [-0.15, -0.1) is 0 Å². The molecule has 4 aromatic rings. The summed E-state index contributed by atoms with van der Waals surface area (Å²) < 4.78 is 4.38. The monoisotopic (exact) mass is 542 g/mol. The van der Waals surface area contributed by atoms with Crippen LogP contribution in [0.1, 0.15) is 66.5 Å². The summed E-state index contributed by atoms with van der Waals surface area (Å²) in [4.78, 5) is 26.3. The topological polar surface area (TPSA) is 68.1 Å². The molecule has 6 nitrogen and oxygen atoms in total. The maximum absolute atomic E-state index is 13.1. The van der Waals surface area contributed by atoms with E-state index in [0.29, 0.717) is 12.8 Å². The molecule has 40 heavy (non-hydrogen) atoms. The van der Waals surface area contributed by atoms with Gasteiger partial charge < -0.3 is 10.6 Å². The fourth-order valence-electron chi connectivity index (χ4n) is 5.68. The highest BCUT2D eigenvalue weighted by atomic mass is 16.1. The quantitative estimate of drug-likeness (QED) is 0.212. The number of para-hydroxylation sites is 2. The van der Waals surface area contributed by atoms with Crippen molar-refractivity contribution in [2.24, 2.45) is 11.8 Å². The van der Waals surface area contributed by atoms with Crippen LogP contribution in [0.3, 0.4) is 0 Å². The molecule has 0 saturated heterocycles. The zero-order valence-corrected chi connectivity index (χ0v) is 25.4. The Morgan fingerprint density at radius 1 is 0.600 bits per heavy atom. The van der Waals surface area contributed by atoms with E-state index in [9.17, 15) is 9.59 Å². The Hall–Kier alpha value is -3.22. The largest absolute Gasteiger partial charge is 0.305 e. The third kappa shape index (κ3) is 6.39. The van der Waals surface area contributed by atoms with E-state index in [-0.39, 0.29) is 47.6 Å². The molecule has 0 saturated carbocycles. The van der Waals surface area contributed by atoms with Crippen molar-refractivity contribution in [3.63, 3.8) is 0 Å². The zero-order chi connectivity index (χ0) is 29.1. The van der Waals surface area contributed by atoms with E-state index in [1.807, 2.05) is 27.7 Å². The highest BCUT2D eigenvalue weighted by Gasteiger charge is 2.26. The van der Waals surface area contributed by atoms with Crippen molar-refractivity contribution >= 4 is 33.4 Å². The van der Waals surface area contributed by atoms with Crippen molar-refractivity contribution in [1.29, 1.82) is 0 Å². The standard InChI is InChI=1S/C34H46N4O2/c1-21(2)33(39)29(35-23(5)6)17-25-19-37(31-15-11-9-13-27(25)31)38-20-26(28-14-10-12-16-32(28)38)18-30(36-24(7)8)34(40)22(3)4/h9-16,19-24,29-30,35-36H,17-18H2,1-8H3/t29-,30-/m0/s1. The summed E-state index contributed by atoms with van der Waals surface area (Å²) in [5.74, 6) is 0.387. The Morgan fingerprint density at radius 2 is 0.950 bits per heavy atom. The Labute approximate surface area is 239 Å². The predicted molar refractivity (Wildman–Crippen MR) is 166 cm³/mol. The lowest BCUT2D eigenvalue weighted by atomic mass is 9.95. The summed E-state index contributed by atoms with van der Waals surface area (Å²) in [5, 5.41) is 9.30. The van der Waals surface area contributed by atoms with Crippen molar-refractivity contribution in [2.45, 2.75) is 92.4 Å². The molecule has 2 aromatic heterocycles. The fourth-order valence-corrected chi connectivity index (χ4v) is 5.68. The third-order valence-electron chi connectivity index (χ3n) is 7.52. The van der Waals surface area contributed by atoms with Crippen LogP contribution in [0.15, 0.2) is 60.9 Å². The number of rotatable bonds is 13. The molecule has 0 bridgehead atoms. The number of aromatic nitrogens is 2. The van der Waals surface area contributed by atoms with Gasteiger partial charge in [0.05, 0.1) is 23.1 Å². The van der Waals surface area contributed by atoms with E-state index in [0.717, 1.165) is 32.9 Å². The molecule has 0 spiro atoms. The average Bonchev–Trinajstić information content (AvgIpc) is 3.44. The van der Waals surface area contributed by atoms with Crippen LogP contribution >= 0.6 is 0 Å². The molecule has 2 aromatic carbocycles. The van der Waals surface area contributed by atoms with E-state index in [4.69, 9.17) is 0 Å². The first-order chi connectivity index (χ1) is 19.0. The minimum atomic E-state index is -0.249. The maximum atomic E-state index is 13.1. The summed E-state index contributed by atoms with van der Waals surface area (Å²) in [5.41, 5.74) is 4.44. The number of carbonyl (C=O) groups is 2. The van der Waals surface area contributed by atoms with Crippen LogP contribution in [0, 0.1) is 11.8 Å². The Kier molecular flexibility index (Phi) is 9.32. The second kappa shape index (κ2) is 12.5. The highest BCUT2D eigenvalue weighted by molar-refractivity contribution is 5.91. The van der Waals surface area contributed by atoms with Crippen molar-refractivity contribution in [3.8, 4) is 0 Å². The molecule has 6 heteroatoms. The number of ketones is 2. The fraction of sp³-hybridized carbons (Fsp3) is 0.471. The van der Waals surface area contributed by atoms with Crippen molar-refractivity contribution in [2.75, 3.05) is 0 Å². The molecule has 0 fully saturated rings. The van der Waals surface area contributed by atoms with E-state index >= 15 is 0 Å². The minimum absolute atomic E-state index is 0.0403. The first-order valence-corrected chi connectivity index (χ1v) is 14.8. The molecule has 0 amide bonds. The number of nitrogens with zero attached hydrogens (tertiary/aromatic N) is 2. The second-order valence-corrected chi connectivity index (χ2v) is 12.3. The number of nitrogens with one attached hydrogen (secondary N) is 2. The Balaban J connectivity index is 1.82. The van der Waals surface area contributed by atoms with Crippen LogP contribution in [0.2, 0.25) is 0 Å². The van der Waals surface area contributed by atoms with Gasteiger partial charge in [-0.1, -0.05) is 91.8 Å². The highest BCUT2D eigenvalue weighted by Crippen LogP contribution is 2.29. The molecule has 2 heterocycles. The van der Waals surface area contributed by atoms with Crippen LogP contribution in [0.5, 0.6) is 0 Å². The summed E-state index contributed by atoms with van der Waals surface area (Å²) in [6.45, 7) is 16.2. The third-order valence-corrected chi connectivity index (χ3v) is 7.52. The second-order valence-electron chi connectivity index (χ2n) is 12.3. The van der Waals surface area contributed by atoms with Gasteiger partial charge in [-0.3, -0.25) is 18.9 Å². The maximum Gasteiger partial charge on any atom is 0.152 e. The minimum Gasteiger partial charge on any atom is -0.305 e. The smallest absolute Gasteiger partial charge is 0.152 e. The first kappa shape index (κ1) is 29.8. The normalized spacial score (nSPS) is 13.8. The number of benzene rings is 2. The van der Waals surface area contributed by atoms with Crippen LogP contribution < -0.4 is 10.6 Å². The van der Waals surface area contributed by atoms with Gasteiger partial charge in [-0.25, -0.2) is 0 Å². The van der Waals surface area contributed by atoms with Crippen molar-refractivity contribution < 1.29 is 9.59 Å². The van der Waals surface area contributed by atoms with Gasteiger partial charge in [0.15, 0.2) is 11.6 Å². The number of hydrogen-bond acceptors (Lipinski definition) is 4. The molecule has 214 valence electrons. The molecule has 0 unspecified atom stereocenters. The summed E-state index contributed by atoms with van der Waals surface area (Å²) in [6, 6.07) is 16.7. The molecule has 2 atom stereocenters. The number of hydrogen-bond donors (Lipinski definition) is 2. The lowest BCUT2D eigenvalue weighted by Crippen LogP contribution is -2.44. The molecular formula is C34H46N4O2. The van der Waals surface area contributed by atoms with Crippen LogP contribution in [-0.4, -0.2) is 45.1 Å². The summed E-state index contributed by atoms with van der Waals surface area (Å²) in [7, 11) is 0. The van der Waals surface area contributed by atoms with Gasteiger partial charge >= 0.3 is 0 Å². The Bertz CT molecular complexity index is 1360.